The molecule has 2 aromatic rings. The highest BCUT2D eigenvalue weighted by atomic mass is 35.5. The van der Waals surface area contributed by atoms with Gasteiger partial charge < -0.3 is 0 Å². The maximum atomic E-state index is 11.8. The van der Waals surface area contributed by atoms with Gasteiger partial charge in [-0.2, -0.15) is 5.10 Å². The molecule has 0 bridgehead atoms. The number of nitrogens with one attached hydrogen (secondary N) is 1. The molecule has 2 heterocycles. The van der Waals surface area contributed by atoms with E-state index in [0.29, 0.717) is 6.54 Å². The number of hydrogen-bond donors (Lipinski definition) is 1. The Kier molecular flexibility index (Phi) is 3.36. The summed E-state index contributed by atoms with van der Waals surface area (Å²) in [7, 11) is 0. The first-order chi connectivity index (χ1) is 9.22. The Hall–Kier alpha value is -1.65. The molecule has 0 aliphatic carbocycles. The van der Waals surface area contributed by atoms with Gasteiger partial charge in [0.25, 0.3) is 5.56 Å². The molecule has 1 aromatic carbocycles. The highest BCUT2D eigenvalue weighted by Gasteiger charge is 2.19. The molecule has 4 nitrogen and oxygen atoms in total. The Morgan fingerprint density at radius 1 is 1.42 bits per heavy atom. The number of nitrogens with zero attached hydrogens (tertiary/aromatic N) is 2. The van der Waals surface area contributed by atoms with Gasteiger partial charge >= 0.3 is 0 Å². The summed E-state index contributed by atoms with van der Waals surface area (Å²) in [5.41, 5.74) is 2.99. The smallest absolute Gasteiger partial charge is 0.268 e. The lowest BCUT2D eigenvalue weighted by molar-refractivity contribution is 0.243. The Morgan fingerprint density at radius 3 is 3.16 bits per heavy atom. The second-order valence-electron chi connectivity index (χ2n) is 4.79. The Labute approximate surface area is 116 Å². The van der Waals surface area contributed by atoms with E-state index in [0.717, 1.165) is 35.7 Å². The van der Waals surface area contributed by atoms with Crippen molar-refractivity contribution < 1.29 is 0 Å². The van der Waals surface area contributed by atoms with Crippen molar-refractivity contribution in [3.05, 3.63) is 62.5 Å². The summed E-state index contributed by atoms with van der Waals surface area (Å²) < 4.78 is 0. The minimum atomic E-state index is -0.0757. The third kappa shape index (κ3) is 2.69. The normalized spacial score (nSPS) is 15.2. The molecule has 1 aromatic heterocycles. The third-order valence-electron chi connectivity index (χ3n) is 3.42. The van der Waals surface area contributed by atoms with Crippen LogP contribution in [-0.4, -0.2) is 21.6 Å². The number of aromatic nitrogens is 2. The lowest BCUT2D eigenvalue weighted by Crippen LogP contribution is -2.34. The Bertz CT molecular complexity index is 653. The van der Waals surface area contributed by atoms with E-state index in [2.05, 4.69) is 21.2 Å². The monoisotopic (exact) mass is 275 g/mol. The molecule has 98 valence electrons. The number of aromatic amines is 1. The molecule has 0 unspecified atom stereocenters. The summed E-state index contributed by atoms with van der Waals surface area (Å²) in [5, 5.41) is 7.09. The maximum Gasteiger partial charge on any atom is 0.268 e. The molecular weight excluding hydrogens is 262 g/mol. The van der Waals surface area contributed by atoms with Crippen LogP contribution in [-0.2, 0) is 19.5 Å². The van der Waals surface area contributed by atoms with Crippen LogP contribution >= 0.6 is 11.6 Å². The molecule has 1 aliphatic rings. The van der Waals surface area contributed by atoms with Gasteiger partial charge in [-0.3, -0.25) is 9.69 Å². The summed E-state index contributed by atoms with van der Waals surface area (Å²) in [4.78, 5) is 14.0. The van der Waals surface area contributed by atoms with E-state index < -0.39 is 0 Å². The zero-order valence-corrected chi connectivity index (χ0v) is 11.2. The van der Waals surface area contributed by atoms with Crippen molar-refractivity contribution in [1.29, 1.82) is 0 Å². The van der Waals surface area contributed by atoms with E-state index in [9.17, 15) is 4.79 Å². The lowest BCUT2D eigenvalue weighted by atomic mass is 10.0. The van der Waals surface area contributed by atoms with Crippen LogP contribution in [0.1, 0.15) is 16.7 Å². The van der Waals surface area contributed by atoms with Gasteiger partial charge in [0.05, 0.1) is 6.20 Å². The first kappa shape index (κ1) is 12.4. The predicted molar refractivity (Wildman–Crippen MR) is 74.1 cm³/mol. The van der Waals surface area contributed by atoms with E-state index in [-0.39, 0.29) is 5.56 Å². The van der Waals surface area contributed by atoms with Crippen molar-refractivity contribution in [1.82, 2.24) is 15.1 Å². The van der Waals surface area contributed by atoms with E-state index in [1.165, 1.54) is 5.56 Å². The zero-order valence-electron chi connectivity index (χ0n) is 10.4. The molecule has 0 saturated carbocycles. The predicted octanol–water partition coefficient (Wildman–Crippen LogP) is 1.98. The quantitative estimate of drug-likeness (QED) is 0.912. The number of halogens is 1. The van der Waals surface area contributed by atoms with Gasteiger partial charge in [0.1, 0.15) is 0 Å². The number of fused-ring (bicyclic) bond motifs is 1. The summed E-state index contributed by atoms with van der Waals surface area (Å²) >= 11 is 5.99. The molecule has 1 N–H and O–H groups in total. The van der Waals surface area contributed by atoms with Crippen LogP contribution < -0.4 is 5.56 Å². The standard InChI is InChI=1S/C14H14ClN3O/c15-12-3-1-2-10(6-12)8-18-5-4-11-7-16-17-14(19)13(11)9-18/h1-3,6-7H,4-5,8-9H2,(H,17,19). The zero-order chi connectivity index (χ0) is 13.2. The number of benzene rings is 1. The van der Waals surface area contributed by atoms with Gasteiger partial charge in [-0.1, -0.05) is 23.7 Å². The van der Waals surface area contributed by atoms with Crippen molar-refractivity contribution in [3.8, 4) is 0 Å². The van der Waals surface area contributed by atoms with Crippen LogP contribution in [0.2, 0.25) is 5.02 Å². The van der Waals surface area contributed by atoms with Crippen LogP contribution in [0.4, 0.5) is 0 Å². The molecule has 0 amide bonds. The van der Waals surface area contributed by atoms with Crippen molar-refractivity contribution in [3.63, 3.8) is 0 Å². The van der Waals surface area contributed by atoms with Crippen LogP contribution in [0.25, 0.3) is 0 Å². The van der Waals surface area contributed by atoms with Gasteiger partial charge in [0.15, 0.2) is 0 Å². The SMILES string of the molecule is O=c1[nH]ncc2c1CN(Cc1cccc(Cl)c1)CC2. The third-order valence-corrected chi connectivity index (χ3v) is 3.66. The average molecular weight is 276 g/mol. The van der Waals surface area contributed by atoms with E-state index in [1.807, 2.05) is 18.2 Å². The largest absolute Gasteiger partial charge is 0.294 e. The number of rotatable bonds is 2. The minimum absolute atomic E-state index is 0.0757. The van der Waals surface area contributed by atoms with Gasteiger partial charge in [-0.15, -0.1) is 0 Å². The van der Waals surface area contributed by atoms with Gasteiger partial charge in [-0.25, -0.2) is 5.10 Å². The maximum absolute atomic E-state index is 11.8. The van der Waals surface area contributed by atoms with Gasteiger partial charge in [0, 0.05) is 30.2 Å². The molecule has 0 fully saturated rings. The first-order valence-corrected chi connectivity index (χ1v) is 6.62. The van der Waals surface area contributed by atoms with Crippen molar-refractivity contribution in [2.24, 2.45) is 0 Å². The fraction of sp³-hybridized carbons (Fsp3) is 0.286. The van der Waals surface area contributed by atoms with Crippen molar-refractivity contribution in [2.75, 3.05) is 6.54 Å². The summed E-state index contributed by atoms with van der Waals surface area (Å²) in [6, 6.07) is 7.84. The molecule has 0 radical (unpaired) electrons. The Balaban J connectivity index is 1.79. The van der Waals surface area contributed by atoms with Crippen LogP contribution in [0.5, 0.6) is 0 Å². The van der Waals surface area contributed by atoms with E-state index >= 15 is 0 Å². The molecular formula is C14H14ClN3O. The highest BCUT2D eigenvalue weighted by Crippen LogP contribution is 2.18. The molecule has 0 spiro atoms. The van der Waals surface area contributed by atoms with Crippen molar-refractivity contribution >= 4 is 11.6 Å². The highest BCUT2D eigenvalue weighted by molar-refractivity contribution is 6.30. The summed E-state index contributed by atoms with van der Waals surface area (Å²) in [5.74, 6) is 0. The topological polar surface area (TPSA) is 49.0 Å². The summed E-state index contributed by atoms with van der Waals surface area (Å²) in [6.07, 6.45) is 2.63. The molecule has 0 atom stereocenters. The van der Waals surface area contributed by atoms with E-state index in [4.69, 9.17) is 11.6 Å². The molecule has 5 heteroatoms. The second kappa shape index (κ2) is 5.15. The second-order valence-corrected chi connectivity index (χ2v) is 5.23. The average Bonchev–Trinajstić information content (AvgIpc) is 2.40. The fourth-order valence-electron chi connectivity index (χ4n) is 2.46. The minimum Gasteiger partial charge on any atom is -0.294 e. The van der Waals surface area contributed by atoms with Crippen molar-refractivity contribution in [2.45, 2.75) is 19.5 Å². The fourth-order valence-corrected chi connectivity index (χ4v) is 2.67. The molecule has 3 rings (SSSR count). The van der Waals surface area contributed by atoms with Crippen LogP contribution in [0.15, 0.2) is 35.3 Å². The van der Waals surface area contributed by atoms with Crippen LogP contribution in [0.3, 0.4) is 0 Å². The lowest BCUT2D eigenvalue weighted by Gasteiger charge is -2.27. The Morgan fingerprint density at radius 2 is 2.32 bits per heavy atom. The number of hydrogen-bond acceptors (Lipinski definition) is 3. The summed E-state index contributed by atoms with van der Waals surface area (Å²) in [6.45, 7) is 2.41. The number of H-pyrrole nitrogens is 1. The van der Waals surface area contributed by atoms with Crippen LogP contribution in [0, 0.1) is 0 Å². The molecule has 1 aliphatic heterocycles. The van der Waals surface area contributed by atoms with E-state index in [1.54, 1.807) is 6.20 Å². The first-order valence-electron chi connectivity index (χ1n) is 6.24. The molecule has 0 saturated heterocycles. The molecule has 19 heavy (non-hydrogen) atoms. The van der Waals surface area contributed by atoms with Gasteiger partial charge in [-0.05, 0) is 29.7 Å². The van der Waals surface area contributed by atoms with Gasteiger partial charge in [0.2, 0.25) is 0 Å².